The third-order valence-corrected chi connectivity index (χ3v) is 10.9. The van der Waals surface area contributed by atoms with Crippen LogP contribution < -0.4 is 38.4 Å². The van der Waals surface area contributed by atoms with Gasteiger partial charge in [-0.25, -0.2) is 4.99 Å². The molecule has 0 amide bonds. The third kappa shape index (κ3) is 5.59. The zero-order chi connectivity index (χ0) is 27.1. The molecule has 0 aliphatic carbocycles. The molecular weight excluding hydrogens is 497 g/mol. The summed E-state index contributed by atoms with van der Waals surface area (Å²) in [5.74, 6) is -0.0370. The van der Waals surface area contributed by atoms with Crippen molar-refractivity contribution in [1.29, 1.82) is 0 Å². The number of benzene rings is 5. The second kappa shape index (κ2) is 11.8. The Hall–Kier alpha value is -4.73. The highest BCUT2D eigenvalue weighted by Crippen LogP contribution is 2.54. The second-order valence-electron chi connectivity index (χ2n) is 9.13. The lowest BCUT2D eigenvalue weighted by atomic mass is 10.0. The van der Waals surface area contributed by atoms with Crippen molar-refractivity contribution in [2.45, 2.75) is 6.54 Å². The first-order chi connectivity index (χ1) is 19.1. The van der Waals surface area contributed by atoms with E-state index in [9.17, 15) is 0 Å². The average molecular weight is 529 g/mol. The Morgan fingerprint density at radius 2 is 0.872 bits per heavy atom. The second-order valence-corrected chi connectivity index (χ2v) is 12.5. The van der Waals surface area contributed by atoms with Crippen molar-refractivity contribution in [2.24, 2.45) is 27.2 Å². The van der Waals surface area contributed by atoms with Crippen LogP contribution in [0.1, 0.15) is 5.56 Å². The molecule has 6 N–H and O–H groups in total. The summed E-state index contributed by atoms with van der Waals surface area (Å²) in [5, 5.41) is 5.32. The maximum absolute atomic E-state index is 5.72. The Labute approximate surface area is 230 Å². The fraction of sp³-hybridized carbons (Fsp3) is 0.0303. The highest BCUT2D eigenvalue weighted by atomic mass is 31.2. The number of aliphatic imine (C=N–C) groups is 2. The van der Waals surface area contributed by atoms with E-state index in [0.29, 0.717) is 6.54 Å². The summed E-state index contributed by atoms with van der Waals surface area (Å²) >= 11 is 0. The van der Waals surface area contributed by atoms with Crippen LogP contribution in [0.4, 0.5) is 0 Å². The molecule has 5 aromatic carbocycles. The first-order valence-corrected chi connectivity index (χ1v) is 14.5. The molecule has 0 saturated carbocycles. The zero-order valence-electron chi connectivity index (χ0n) is 21.6. The molecule has 0 bridgehead atoms. The van der Waals surface area contributed by atoms with Crippen molar-refractivity contribution < 1.29 is 0 Å². The molecule has 6 heteroatoms. The summed E-state index contributed by atoms with van der Waals surface area (Å²) < 4.78 is 0. The van der Waals surface area contributed by atoms with Crippen molar-refractivity contribution in [1.82, 2.24) is 0 Å². The summed E-state index contributed by atoms with van der Waals surface area (Å²) in [5.41, 5.74) is 19.7. The summed E-state index contributed by atoms with van der Waals surface area (Å²) in [6.07, 6.45) is 0. The zero-order valence-corrected chi connectivity index (χ0v) is 22.5. The average Bonchev–Trinajstić information content (AvgIpc) is 2.99. The van der Waals surface area contributed by atoms with E-state index in [1.54, 1.807) is 0 Å². The smallest absolute Gasteiger partial charge is 0.218 e. The Kier molecular flexibility index (Phi) is 7.81. The number of rotatable bonds is 7. The molecule has 0 aliphatic heterocycles. The first kappa shape index (κ1) is 25.9. The minimum absolute atomic E-state index is 0.0664. The van der Waals surface area contributed by atoms with Gasteiger partial charge in [-0.2, -0.15) is 4.99 Å². The van der Waals surface area contributed by atoms with Crippen molar-refractivity contribution in [2.75, 3.05) is 0 Å². The van der Waals surface area contributed by atoms with Gasteiger partial charge in [0.15, 0.2) is 5.96 Å². The fourth-order valence-corrected chi connectivity index (χ4v) is 9.11. The lowest BCUT2D eigenvalue weighted by molar-refractivity contribution is 1.05. The van der Waals surface area contributed by atoms with Gasteiger partial charge in [0.2, 0.25) is 5.96 Å². The maximum Gasteiger partial charge on any atom is 0.218 e. The van der Waals surface area contributed by atoms with Gasteiger partial charge >= 0.3 is 0 Å². The lowest BCUT2D eigenvalue weighted by Gasteiger charge is -2.27. The standard InChI is InChI=1S/C33H31N5P/c34-32(35)38-33(36)37-24-25-16-18-26(19-17-25)27-20-22-31(23-21-27)39(28-10-4-1-5-11-28,29-12-6-2-7-13-29)30-14-8-3-9-15-30/h1-23H,24H2,(H6,34,35,36,37,38)/q+1. The normalized spacial score (nSPS) is 11.6. The van der Waals surface area contributed by atoms with Crippen LogP contribution in [0, 0.1) is 0 Å². The minimum Gasteiger partial charge on any atom is -0.370 e. The molecule has 192 valence electrons. The van der Waals surface area contributed by atoms with E-state index in [-0.39, 0.29) is 11.9 Å². The van der Waals surface area contributed by atoms with Crippen LogP contribution in [0.25, 0.3) is 11.1 Å². The summed E-state index contributed by atoms with van der Waals surface area (Å²) in [6.45, 7) is 0.403. The van der Waals surface area contributed by atoms with Gasteiger partial charge in [-0.15, -0.1) is 0 Å². The largest absolute Gasteiger partial charge is 0.370 e. The van der Waals surface area contributed by atoms with Gasteiger partial charge in [-0.05, 0) is 65.2 Å². The van der Waals surface area contributed by atoms with E-state index in [4.69, 9.17) is 17.2 Å². The summed E-state index contributed by atoms with van der Waals surface area (Å²) in [7, 11) is -2.11. The molecule has 0 unspecified atom stereocenters. The number of hydrogen-bond acceptors (Lipinski definition) is 1. The lowest BCUT2D eigenvalue weighted by Crippen LogP contribution is -2.38. The van der Waals surface area contributed by atoms with Gasteiger partial charge < -0.3 is 17.2 Å². The molecule has 39 heavy (non-hydrogen) atoms. The topological polar surface area (TPSA) is 103 Å². The van der Waals surface area contributed by atoms with Crippen LogP contribution in [0.15, 0.2) is 150 Å². The van der Waals surface area contributed by atoms with Crippen molar-refractivity contribution in [3.8, 4) is 11.1 Å². The van der Waals surface area contributed by atoms with Crippen LogP contribution in [0.3, 0.4) is 0 Å². The molecule has 5 nitrogen and oxygen atoms in total. The molecule has 0 spiro atoms. The predicted molar refractivity (Wildman–Crippen MR) is 168 cm³/mol. The van der Waals surface area contributed by atoms with Crippen LogP contribution in [0.2, 0.25) is 0 Å². The Balaban J connectivity index is 1.54. The highest BCUT2D eigenvalue weighted by molar-refractivity contribution is 8.01. The van der Waals surface area contributed by atoms with Crippen LogP contribution in [-0.2, 0) is 6.54 Å². The van der Waals surface area contributed by atoms with Gasteiger partial charge in [0.25, 0.3) is 0 Å². The van der Waals surface area contributed by atoms with Gasteiger partial charge in [0, 0.05) is 0 Å². The summed E-state index contributed by atoms with van der Waals surface area (Å²) in [6, 6.07) is 50.0. The van der Waals surface area contributed by atoms with Crippen LogP contribution in [-0.4, -0.2) is 11.9 Å². The summed E-state index contributed by atoms with van der Waals surface area (Å²) in [4.78, 5) is 7.97. The van der Waals surface area contributed by atoms with Crippen molar-refractivity contribution >= 4 is 40.4 Å². The van der Waals surface area contributed by atoms with E-state index in [0.717, 1.165) is 16.7 Å². The van der Waals surface area contributed by atoms with Crippen LogP contribution in [0.5, 0.6) is 0 Å². The molecule has 0 aliphatic rings. The first-order valence-electron chi connectivity index (χ1n) is 12.7. The van der Waals surface area contributed by atoms with Gasteiger partial charge in [0.1, 0.15) is 28.5 Å². The predicted octanol–water partition coefficient (Wildman–Crippen LogP) is 4.06. The number of hydrogen-bond donors (Lipinski definition) is 3. The fourth-order valence-electron chi connectivity index (χ4n) is 4.87. The van der Waals surface area contributed by atoms with Crippen molar-refractivity contribution in [3.05, 3.63) is 145 Å². The molecule has 0 heterocycles. The quantitative estimate of drug-likeness (QED) is 0.169. The number of nitrogens with zero attached hydrogens (tertiary/aromatic N) is 2. The monoisotopic (exact) mass is 528 g/mol. The molecule has 5 rings (SSSR count). The molecule has 5 aromatic rings. The van der Waals surface area contributed by atoms with Gasteiger partial charge in [-0.1, -0.05) is 91.0 Å². The van der Waals surface area contributed by atoms with E-state index in [1.807, 2.05) is 12.1 Å². The van der Waals surface area contributed by atoms with E-state index >= 15 is 0 Å². The number of nitrogens with two attached hydrogens (primary N) is 3. The molecule has 0 saturated heterocycles. The van der Waals surface area contributed by atoms with Crippen LogP contribution >= 0.6 is 7.26 Å². The Morgan fingerprint density at radius 3 is 1.28 bits per heavy atom. The van der Waals surface area contributed by atoms with E-state index in [1.165, 1.54) is 21.2 Å². The van der Waals surface area contributed by atoms with Gasteiger partial charge in [-0.3, -0.25) is 0 Å². The Bertz CT molecular complexity index is 1460. The third-order valence-electron chi connectivity index (χ3n) is 6.64. The van der Waals surface area contributed by atoms with E-state index < -0.39 is 7.26 Å². The Morgan fingerprint density at radius 1 is 0.487 bits per heavy atom. The van der Waals surface area contributed by atoms with Gasteiger partial charge in [0.05, 0.1) is 6.54 Å². The molecule has 0 aromatic heterocycles. The SMILES string of the molecule is NC(N)=NC(N)=NCc1ccc(-c2ccc([P+](c3ccccc3)(c3ccccc3)c3ccccc3)cc2)cc1. The van der Waals surface area contributed by atoms with Crippen molar-refractivity contribution in [3.63, 3.8) is 0 Å². The van der Waals surface area contributed by atoms with E-state index in [2.05, 4.69) is 137 Å². The molecule has 0 radical (unpaired) electrons. The molecular formula is C33H31N5P+. The number of guanidine groups is 2. The molecule has 0 fully saturated rings. The minimum atomic E-state index is -2.11. The molecule has 0 atom stereocenters. The highest BCUT2D eigenvalue weighted by Gasteiger charge is 2.47. The maximum atomic E-state index is 5.72.